The zero-order valence-corrected chi connectivity index (χ0v) is 9.94. The first kappa shape index (κ1) is 13.6. The van der Waals surface area contributed by atoms with E-state index in [4.69, 9.17) is 5.73 Å². The second-order valence-electron chi connectivity index (χ2n) is 4.66. The molecule has 0 bridgehead atoms. The minimum atomic E-state index is -0.135. The largest absolute Gasteiger partial charge is 0.330 e. The molecule has 14 heavy (non-hydrogen) atoms. The first-order valence-corrected chi connectivity index (χ1v) is 5.78. The molecule has 0 aromatic carbocycles. The summed E-state index contributed by atoms with van der Waals surface area (Å²) in [6.45, 7) is 6.97. The Morgan fingerprint density at radius 1 is 1.21 bits per heavy atom. The van der Waals surface area contributed by atoms with Gasteiger partial charge in [0.25, 0.3) is 0 Å². The van der Waals surface area contributed by atoms with Crippen LogP contribution < -0.4 is 5.73 Å². The number of nitrogens with two attached hydrogens (primary N) is 1. The Labute approximate surface area is 88.3 Å². The molecule has 0 saturated carbocycles. The van der Waals surface area contributed by atoms with Crippen LogP contribution in [0, 0.1) is 5.41 Å². The highest BCUT2D eigenvalue weighted by Gasteiger charge is 2.25. The summed E-state index contributed by atoms with van der Waals surface area (Å²) < 4.78 is 0. The molecule has 0 aliphatic heterocycles. The average molecular weight is 199 g/mol. The molecule has 0 aromatic rings. The Balaban J connectivity index is 3.83. The number of Topliss-reactive ketones (excluding diaryl/α,β-unsaturated/α-hetero) is 1. The van der Waals surface area contributed by atoms with Crippen molar-refractivity contribution in [2.24, 2.45) is 11.1 Å². The number of hydrogen-bond acceptors (Lipinski definition) is 2. The number of carbonyl (C=O) groups is 1. The Morgan fingerprint density at radius 3 is 2.36 bits per heavy atom. The van der Waals surface area contributed by atoms with Crippen molar-refractivity contribution in [3.63, 3.8) is 0 Å². The van der Waals surface area contributed by atoms with Crippen molar-refractivity contribution >= 4 is 5.78 Å². The lowest BCUT2D eigenvalue weighted by Crippen LogP contribution is -2.24. The average Bonchev–Trinajstić information content (AvgIpc) is 2.14. The van der Waals surface area contributed by atoms with Crippen molar-refractivity contribution in [3.8, 4) is 0 Å². The van der Waals surface area contributed by atoms with Gasteiger partial charge in [0.05, 0.1) is 0 Å². The molecule has 2 heteroatoms. The van der Waals surface area contributed by atoms with Crippen LogP contribution in [-0.2, 0) is 4.79 Å². The molecule has 0 fully saturated rings. The molecule has 0 saturated heterocycles. The normalized spacial score (nSPS) is 11.7. The van der Waals surface area contributed by atoms with E-state index >= 15 is 0 Å². The van der Waals surface area contributed by atoms with Crippen molar-refractivity contribution in [3.05, 3.63) is 0 Å². The van der Waals surface area contributed by atoms with Gasteiger partial charge in [-0.05, 0) is 25.8 Å². The van der Waals surface area contributed by atoms with E-state index in [1.807, 2.05) is 0 Å². The van der Waals surface area contributed by atoms with E-state index in [1.165, 1.54) is 0 Å². The van der Waals surface area contributed by atoms with Gasteiger partial charge in [0.2, 0.25) is 0 Å². The molecule has 0 radical (unpaired) electrons. The highest BCUT2D eigenvalue weighted by molar-refractivity contribution is 5.83. The molecule has 84 valence electrons. The molecule has 0 amide bonds. The van der Waals surface area contributed by atoms with Crippen molar-refractivity contribution in [1.29, 1.82) is 0 Å². The van der Waals surface area contributed by atoms with E-state index in [9.17, 15) is 4.79 Å². The standard InChI is InChI=1S/C12H25NO/c1-4-5-8-11(14)12(2,3)9-6-7-10-13/h4-10,13H2,1-3H3. The monoisotopic (exact) mass is 199 g/mol. The second kappa shape index (κ2) is 6.99. The third kappa shape index (κ3) is 5.38. The van der Waals surface area contributed by atoms with Crippen molar-refractivity contribution in [1.82, 2.24) is 0 Å². The molecule has 0 aliphatic carbocycles. The summed E-state index contributed by atoms with van der Waals surface area (Å²) in [6, 6.07) is 0. The fraction of sp³-hybridized carbons (Fsp3) is 0.917. The van der Waals surface area contributed by atoms with Crippen molar-refractivity contribution < 1.29 is 4.79 Å². The van der Waals surface area contributed by atoms with Crippen LogP contribution in [0.4, 0.5) is 0 Å². The first-order valence-electron chi connectivity index (χ1n) is 5.78. The summed E-state index contributed by atoms with van der Waals surface area (Å²) in [5.41, 5.74) is 5.29. The number of ketones is 1. The van der Waals surface area contributed by atoms with Gasteiger partial charge in [-0.1, -0.05) is 33.6 Å². The zero-order chi connectivity index (χ0) is 11.0. The van der Waals surface area contributed by atoms with Crippen LogP contribution in [0.15, 0.2) is 0 Å². The van der Waals surface area contributed by atoms with Crippen LogP contribution in [0.3, 0.4) is 0 Å². The van der Waals surface area contributed by atoms with Gasteiger partial charge < -0.3 is 5.73 Å². The summed E-state index contributed by atoms with van der Waals surface area (Å²) in [6.07, 6.45) is 5.95. The van der Waals surface area contributed by atoms with Crippen LogP contribution in [0.5, 0.6) is 0 Å². The molecule has 2 N–H and O–H groups in total. The smallest absolute Gasteiger partial charge is 0.138 e. The van der Waals surface area contributed by atoms with E-state index in [-0.39, 0.29) is 5.41 Å². The lowest BCUT2D eigenvalue weighted by molar-refractivity contribution is -0.127. The lowest BCUT2D eigenvalue weighted by atomic mass is 9.81. The summed E-state index contributed by atoms with van der Waals surface area (Å²) in [5, 5.41) is 0. The van der Waals surface area contributed by atoms with Gasteiger partial charge in [0, 0.05) is 11.8 Å². The highest BCUT2D eigenvalue weighted by Crippen LogP contribution is 2.26. The Morgan fingerprint density at radius 2 is 1.86 bits per heavy atom. The molecule has 0 aromatic heterocycles. The van der Waals surface area contributed by atoms with E-state index < -0.39 is 0 Å². The maximum atomic E-state index is 11.8. The van der Waals surface area contributed by atoms with Crippen LogP contribution in [0.2, 0.25) is 0 Å². The maximum absolute atomic E-state index is 11.8. The molecule has 0 aliphatic rings. The fourth-order valence-corrected chi connectivity index (χ4v) is 1.53. The van der Waals surface area contributed by atoms with Gasteiger partial charge >= 0.3 is 0 Å². The minimum Gasteiger partial charge on any atom is -0.330 e. The lowest BCUT2D eigenvalue weighted by Gasteiger charge is -2.22. The molecule has 0 unspecified atom stereocenters. The van der Waals surface area contributed by atoms with Gasteiger partial charge in [-0.15, -0.1) is 0 Å². The van der Waals surface area contributed by atoms with Gasteiger partial charge in [-0.3, -0.25) is 4.79 Å². The minimum absolute atomic E-state index is 0.135. The Kier molecular flexibility index (Phi) is 6.81. The topological polar surface area (TPSA) is 43.1 Å². The summed E-state index contributed by atoms with van der Waals surface area (Å²) in [7, 11) is 0. The first-order chi connectivity index (χ1) is 6.54. The molecule has 0 spiro atoms. The van der Waals surface area contributed by atoms with Crippen LogP contribution in [0.25, 0.3) is 0 Å². The predicted molar refractivity (Wildman–Crippen MR) is 61.2 cm³/mol. The molecule has 2 nitrogen and oxygen atoms in total. The molecule has 0 rings (SSSR count). The molecular weight excluding hydrogens is 174 g/mol. The zero-order valence-electron chi connectivity index (χ0n) is 9.94. The maximum Gasteiger partial charge on any atom is 0.138 e. The number of rotatable bonds is 8. The van der Waals surface area contributed by atoms with E-state index in [0.29, 0.717) is 5.78 Å². The van der Waals surface area contributed by atoms with E-state index in [0.717, 1.165) is 45.1 Å². The van der Waals surface area contributed by atoms with Crippen molar-refractivity contribution in [2.45, 2.75) is 59.3 Å². The summed E-state index contributed by atoms with van der Waals surface area (Å²) in [4.78, 5) is 11.8. The Bertz CT molecular complexity index is 164. The molecule has 0 atom stereocenters. The predicted octanol–water partition coefficient (Wildman–Crippen LogP) is 2.90. The fourth-order valence-electron chi connectivity index (χ4n) is 1.53. The quantitative estimate of drug-likeness (QED) is 0.611. The third-order valence-corrected chi connectivity index (χ3v) is 2.77. The highest BCUT2D eigenvalue weighted by atomic mass is 16.1. The van der Waals surface area contributed by atoms with Crippen LogP contribution in [0.1, 0.15) is 59.3 Å². The van der Waals surface area contributed by atoms with Gasteiger partial charge in [0.15, 0.2) is 0 Å². The SMILES string of the molecule is CCCCC(=O)C(C)(C)CCCCN. The number of unbranched alkanes of at least 4 members (excludes halogenated alkanes) is 2. The van der Waals surface area contributed by atoms with Gasteiger partial charge in [-0.25, -0.2) is 0 Å². The summed E-state index contributed by atoms with van der Waals surface area (Å²) in [5.74, 6) is 0.413. The van der Waals surface area contributed by atoms with E-state index in [1.54, 1.807) is 0 Å². The second-order valence-corrected chi connectivity index (χ2v) is 4.66. The van der Waals surface area contributed by atoms with Crippen LogP contribution in [-0.4, -0.2) is 12.3 Å². The van der Waals surface area contributed by atoms with Crippen molar-refractivity contribution in [2.75, 3.05) is 6.54 Å². The number of hydrogen-bond donors (Lipinski definition) is 1. The van der Waals surface area contributed by atoms with Gasteiger partial charge in [0.1, 0.15) is 5.78 Å². The van der Waals surface area contributed by atoms with Gasteiger partial charge in [-0.2, -0.15) is 0 Å². The Hall–Kier alpha value is -0.370. The molecular formula is C12H25NO. The van der Waals surface area contributed by atoms with Crippen LogP contribution >= 0.6 is 0 Å². The summed E-state index contributed by atoms with van der Waals surface area (Å²) >= 11 is 0. The third-order valence-electron chi connectivity index (χ3n) is 2.77. The van der Waals surface area contributed by atoms with E-state index in [2.05, 4.69) is 20.8 Å². The molecule has 0 heterocycles. The number of carbonyl (C=O) groups excluding carboxylic acids is 1.